The molecular formula is C20H22N4O. The van der Waals surface area contributed by atoms with Crippen molar-refractivity contribution in [3.63, 3.8) is 0 Å². The first-order chi connectivity index (χ1) is 12.1. The number of piperidine rings is 1. The van der Waals surface area contributed by atoms with Gasteiger partial charge in [0.25, 0.3) is 5.56 Å². The highest BCUT2D eigenvalue weighted by Crippen LogP contribution is 2.33. The molecule has 5 nitrogen and oxygen atoms in total. The van der Waals surface area contributed by atoms with Crippen LogP contribution in [-0.4, -0.2) is 23.3 Å². The van der Waals surface area contributed by atoms with Crippen LogP contribution in [0.5, 0.6) is 0 Å². The molecular weight excluding hydrogens is 312 g/mol. The number of aromatic amines is 1. The van der Waals surface area contributed by atoms with Gasteiger partial charge >= 0.3 is 0 Å². The Morgan fingerprint density at radius 2 is 2.00 bits per heavy atom. The lowest BCUT2D eigenvalue weighted by Gasteiger charge is -2.33. The van der Waals surface area contributed by atoms with Gasteiger partial charge in [-0.25, -0.2) is 5.10 Å². The Hall–Kier alpha value is -2.82. The molecule has 2 heterocycles. The van der Waals surface area contributed by atoms with Crippen molar-refractivity contribution in [1.82, 2.24) is 10.2 Å². The summed E-state index contributed by atoms with van der Waals surface area (Å²) in [6.07, 6.45) is 2.48. The lowest BCUT2D eigenvalue weighted by atomic mass is 9.98. The molecule has 3 N–H and O–H groups in total. The van der Waals surface area contributed by atoms with E-state index in [-0.39, 0.29) is 5.56 Å². The third-order valence-corrected chi connectivity index (χ3v) is 4.99. The molecule has 1 atom stereocenters. The number of nitrogens with one attached hydrogen (secondary N) is 1. The predicted octanol–water partition coefficient (Wildman–Crippen LogP) is 3.41. The Labute approximate surface area is 146 Å². The number of hydrogen-bond acceptors (Lipinski definition) is 4. The molecule has 2 aromatic carbocycles. The molecule has 1 aliphatic heterocycles. The summed E-state index contributed by atoms with van der Waals surface area (Å²) in [6, 6.07) is 13.6. The Morgan fingerprint density at radius 3 is 2.76 bits per heavy atom. The van der Waals surface area contributed by atoms with Gasteiger partial charge in [0.05, 0.1) is 22.5 Å². The van der Waals surface area contributed by atoms with Gasteiger partial charge < -0.3 is 10.6 Å². The first-order valence-electron chi connectivity index (χ1n) is 8.76. The minimum atomic E-state index is -0.175. The van der Waals surface area contributed by atoms with Gasteiger partial charge in [-0.15, -0.1) is 0 Å². The van der Waals surface area contributed by atoms with Crippen LogP contribution >= 0.6 is 0 Å². The number of fused-ring (bicyclic) bond motifs is 1. The average molecular weight is 334 g/mol. The third kappa shape index (κ3) is 2.86. The lowest BCUT2D eigenvalue weighted by Crippen LogP contribution is -2.34. The average Bonchev–Trinajstić information content (AvgIpc) is 2.62. The van der Waals surface area contributed by atoms with E-state index >= 15 is 0 Å². The molecule has 1 aliphatic rings. The molecule has 1 saturated heterocycles. The first-order valence-corrected chi connectivity index (χ1v) is 8.76. The highest BCUT2D eigenvalue weighted by Gasteiger charge is 2.19. The fraction of sp³-hybridized carbons (Fsp3) is 0.300. The van der Waals surface area contributed by atoms with Crippen LogP contribution in [-0.2, 0) is 0 Å². The molecule has 4 rings (SSSR count). The monoisotopic (exact) mass is 334 g/mol. The summed E-state index contributed by atoms with van der Waals surface area (Å²) in [7, 11) is 0. The summed E-state index contributed by atoms with van der Waals surface area (Å²) in [4.78, 5) is 14.3. The van der Waals surface area contributed by atoms with Gasteiger partial charge in [0.1, 0.15) is 0 Å². The first kappa shape index (κ1) is 15.7. The fourth-order valence-electron chi connectivity index (χ4n) is 3.73. The van der Waals surface area contributed by atoms with Crippen molar-refractivity contribution in [3.05, 3.63) is 52.8 Å². The highest BCUT2D eigenvalue weighted by atomic mass is 16.1. The Morgan fingerprint density at radius 1 is 1.20 bits per heavy atom. The maximum absolute atomic E-state index is 12.0. The number of nitrogens with zero attached hydrogens (tertiary/aromatic N) is 2. The van der Waals surface area contributed by atoms with E-state index in [9.17, 15) is 4.79 Å². The van der Waals surface area contributed by atoms with Gasteiger partial charge in [0, 0.05) is 24.0 Å². The number of aromatic nitrogens is 2. The van der Waals surface area contributed by atoms with Crippen molar-refractivity contribution in [2.45, 2.75) is 19.8 Å². The van der Waals surface area contributed by atoms with Gasteiger partial charge in [-0.2, -0.15) is 5.10 Å². The largest absolute Gasteiger partial charge is 0.397 e. The molecule has 1 unspecified atom stereocenters. The molecule has 5 heteroatoms. The summed E-state index contributed by atoms with van der Waals surface area (Å²) < 4.78 is 0. The molecule has 0 saturated carbocycles. The van der Waals surface area contributed by atoms with Crippen molar-refractivity contribution < 1.29 is 0 Å². The normalized spacial score (nSPS) is 17.8. The standard InChI is InChI=1S/C20H22N4O/c1-13-5-4-10-24(12-13)18-9-8-14(11-17(18)21)19-15-6-2-3-7-16(15)20(25)23-22-19/h2-3,6-9,11,13H,4-5,10,12,21H2,1H3,(H,23,25). The predicted molar refractivity (Wildman–Crippen MR) is 103 cm³/mol. The molecule has 0 spiro atoms. The summed E-state index contributed by atoms with van der Waals surface area (Å²) in [6.45, 7) is 4.38. The maximum atomic E-state index is 12.0. The second kappa shape index (κ2) is 6.24. The summed E-state index contributed by atoms with van der Waals surface area (Å²) in [5.41, 5.74) is 9.70. The SMILES string of the molecule is CC1CCCN(c2ccc(-c3n[nH]c(=O)c4ccccc34)cc2N)C1. The van der Waals surface area contributed by atoms with Crippen molar-refractivity contribution in [3.8, 4) is 11.3 Å². The molecule has 0 aliphatic carbocycles. The van der Waals surface area contributed by atoms with Gasteiger partial charge in [-0.05, 0) is 37.0 Å². The number of H-pyrrole nitrogens is 1. The molecule has 128 valence electrons. The van der Waals surface area contributed by atoms with Crippen LogP contribution in [0.15, 0.2) is 47.3 Å². The van der Waals surface area contributed by atoms with E-state index in [2.05, 4.69) is 28.1 Å². The fourth-order valence-corrected chi connectivity index (χ4v) is 3.73. The second-order valence-corrected chi connectivity index (χ2v) is 6.91. The number of hydrogen-bond donors (Lipinski definition) is 2. The third-order valence-electron chi connectivity index (χ3n) is 4.99. The van der Waals surface area contributed by atoms with Crippen LogP contribution in [0.3, 0.4) is 0 Å². The molecule has 1 aromatic heterocycles. The Bertz CT molecular complexity index is 979. The van der Waals surface area contributed by atoms with Gasteiger partial charge in [0.15, 0.2) is 0 Å². The van der Waals surface area contributed by atoms with Gasteiger partial charge in [0.2, 0.25) is 0 Å². The van der Waals surface area contributed by atoms with E-state index in [0.29, 0.717) is 11.3 Å². The van der Waals surface area contributed by atoms with Crippen molar-refractivity contribution in [2.24, 2.45) is 5.92 Å². The van der Waals surface area contributed by atoms with Crippen LogP contribution in [0, 0.1) is 5.92 Å². The van der Waals surface area contributed by atoms with Crippen molar-refractivity contribution >= 4 is 22.1 Å². The van der Waals surface area contributed by atoms with E-state index in [1.165, 1.54) is 12.8 Å². The van der Waals surface area contributed by atoms with E-state index in [1.54, 1.807) is 0 Å². The molecule has 25 heavy (non-hydrogen) atoms. The smallest absolute Gasteiger partial charge is 0.272 e. The molecule has 3 aromatic rings. The maximum Gasteiger partial charge on any atom is 0.272 e. The van der Waals surface area contributed by atoms with Crippen LogP contribution in [0.25, 0.3) is 22.0 Å². The number of rotatable bonds is 2. The lowest BCUT2D eigenvalue weighted by molar-refractivity contribution is 0.447. The minimum Gasteiger partial charge on any atom is -0.397 e. The number of anilines is 2. The van der Waals surface area contributed by atoms with Crippen LogP contribution in [0.1, 0.15) is 19.8 Å². The summed E-state index contributed by atoms with van der Waals surface area (Å²) in [5.74, 6) is 0.692. The second-order valence-electron chi connectivity index (χ2n) is 6.91. The van der Waals surface area contributed by atoms with E-state index in [4.69, 9.17) is 5.73 Å². The molecule has 1 fully saturated rings. The molecule has 0 radical (unpaired) electrons. The zero-order valence-electron chi connectivity index (χ0n) is 14.3. The quantitative estimate of drug-likeness (QED) is 0.704. The Balaban J connectivity index is 1.77. The van der Waals surface area contributed by atoms with Crippen molar-refractivity contribution in [1.29, 1.82) is 0 Å². The minimum absolute atomic E-state index is 0.175. The summed E-state index contributed by atoms with van der Waals surface area (Å²) in [5, 5.41) is 8.33. The van der Waals surface area contributed by atoms with E-state index in [0.717, 1.165) is 41.1 Å². The molecule has 0 amide bonds. The van der Waals surface area contributed by atoms with E-state index in [1.807, 2.05) is 36.4 Å². The number of nitrogens with two attached hydrogens (primary N) is 1. The highest BCUT2D eigenvalue weighted by molar-refractivity contribution is 5.94. The van der Waals surface area contributed by atoms with Crippen LogP contribution in [0.2, 0.25) is 0 Å². The number of benzene rings is 2. The van der Waals surface area contributed by atoms with Gasteiger partial charge in [-0.1, -0.05) is 31.2 Å². The zero-order chi connectivity index (χ0) is 17.4. The molecule has 0 bridgehead atoms. The zero-order valence-corrected chi connectivity index (χ0v) is 14.3. The van der Waals surface area contributed by atoms with Gasteiger partial charge in [-0.3, -0.25) is 4.79 Å². The van der Waals surface area contributed by atoms with Crippen molar-refractivity contribution in [2.75, 3.05) is 23.7 Å². The van der Waals surface area contributed by atoms with Crippen LogP contribution < -0.4 is 16.2 Å². The number of nitrogen functional groups attached to an aromatic ring is 1. The summed E-state index contributed by atoms with van der Waals surface area (Å²) >= 11 is 0. The van der Waals surface area contributed by atoms with E-state index < -0.39 is 0 Å². The topological polar surface area (TPSA) is 75.0 Å². The van der Waals surface area contributed by atoms with Crippen LogP contribution in [0.4, 0.5) is 11.4 Å². The Kier molecular flexibility index (Phi) is 3.92.